The molecule has 2 aromatic heterocycles. The van der Waals surface area contributed by atoms with Crippen molar-refractivity contribution in [3.8, 4) is 67.5 Å². The van der Waals surface area contributed by atoms with Gasteiger partial charge < -0.3 is 0 Å². The van der Waals surface area contributed by atoms with Crippen molar-refractivity contribution in [2.75, 3.05) is 0 Å². The molecule has 290 valence electrons. The van der Waals surface area contributed by atoms with E-state index in [-0.39, 0.29) is 0 Å². The van der Waals surface area contributed by atoms with E-state index in [9.17, 15) is 0 Å². The van der Waals surface area contributed by atoms with Crippen molar-refractivity contribution in [1.82, 2.24) is 15.0 Å². The van der Waals surface area contributed by atoms with Crippen LogP contribution in [0.15, 0.2) is 224 Å². The Morgan fingerprint density at radius 2 is 0.839 bits per heavy atom. The number of benzene rings is 9. The summed E-state index contributed by atoms with van der Waals surface area (Å²) in [6, 6.07) is 80.3. The predicted octanol–water partition coefficient (Wildman–Crippen LogP) is 14.9. The van der Waals surface area contributed by atoms with E-state index in [1.54, 1.807) is 0 Å². The maximum Gasteiger partial charge on any atom is 0.164 e. The molecule has 12 rings (SSSR count). The Balaban J connectivity index is 1.08. The summed E-state index contributed by atoms with van der Waals surface area (Å²) >= 11 is 1.84. The zero-order chi connectivity index (χ0) is 41.0. The highest BCUT2D eigenvalue weighted by molar-refractivity contribution is 7.25. The van der Waals surface area contributed by atoms with Crippen molar-refractivity contribution in [2.24, 2.45) is 0 Å². The third-order valence-corrected chi connectivity index (χ3v) is 13.6. The highest BCUT2D eigenvalue weighted by Gasteiger charge is 2.47. The third-order valence-electron chi connectivity index (χ3n) is 12.4. The summed E-state index contributed by atoms with van der Waals surface area (Å²) in [6.07, 6.45) is 0. The zero-order valence-corrected chi connectivity index (χ0v) is 34.4. The molecule has 1 aliphatic carbocycles. The topological polar surface area (TPSA) is 38.7 Å². The molecular formula is C58H37N3S. The molecule has 62 heavy (non-hydrogen) atoms. The van der Waals surface area contributed by atoms with E-state index >= 15 is 0 Å². The van der Waals surface area contributed by atoms with Crippen LogP contribution in [-0.4, -0.2) is 15.0 Å². The standard InChI is InChI=1S/C58H37N3S/c1-4-17-38(18-5-1)41-19-14-20-42(37-41)56-59-55(40-35-33-39(34-36-40)45-27-16-32-52-53(45)48-26-11-13-31-51(48)62-52)60-57(61-56)49-29-15-28-47-46-25-10-12-30-50(46)58(54(47)49,43-21-6-2-7-22-43)44-23-8-3-9-24-44/h1-37H. The average molecular weight is 808 g/mol. The maximum atomic E-state index is 5.44. The molecule has 0 saturated heterocycles. The second kappa shape index (κ2) is 14.7. The minimum atomic E-state index is -0.625. The van der Waals surface area contributed by atoms with Crippen LogP contribution in [0.2, 0.25) is 0 Å². The Hall–Kier alpha value is -7.79. The van der Waals surface area contributed by atoms with Gasteiger partial charge in [-0.3, -0.25) is 0 Å². The van der Waals surface area contributed by atoms with Gasteiger partial charge in [-0.2, -0.15) is 0 Å². The van der Waals surface area contributed by atoms with Gasteiger partial charge in [0.25, 0.3) is 0 Å². The molecule has 0 bridgehead atoms. The number of hydrogen-bond acceptors (Lipinski definition) is 4. The van der Waals surface area contributed by atoms with Gasteiger partial charge in [0, 0.05) is 36.9 Å². The summed E-state index contributed by atoms with van der Waals surface area (Å²) in [5.41, 5.74) is 14.0. The summed E-state index contributed by atoms with van der Waals surface area (Å²) in [4.78, 5) is 16.2. The van der Waals surface area contributed by atoms with E-state index in [4.69, 9.17) is 15.0 Å². The quantitative estimate of drug-likeness (QED) is 0.161. The summed E-state index contributed by atoms with van der Waals surface area (Å²) in [7, 11) is 0. The number of rotatable bonds is 7. The second-order valence-corrected chi connectivity index (χ2v) is 16.9. The minimum absolute atomic E-state index is 0.624. The van der Waals surface area contributed by atoms with Crippen LogP contribution in [0.3, 0.4) is 0 Å². The summed E-state index contributed by atoms with van der Waals surface area (Å²) in [5.74, 6) is 1.88. The van der Waals surface area contributed by atoms with Gasteiger partial charge in [0.1, 0.15) is 0 Å². The van der Waals surface area contributed by atoms with E-state index in [0.717, 1.165) is 33.4 Å². The van der Waals surface area contributed by atoms with Gasteiger partial charge in [0.15, 0.2) is 17.5 Å². The smallest absolute Gasteiger partial charge is 0.164 e. The molecule has 0 amide bonds. The van der Waals surface area contributed by atoms with E-state index in [0.29, 0.717) is 17.5 Å². The van der Waals surface area contributed by atoms with Crippen molar-refractivity contribution in [2.45, 2.75) is 5.41 Å². The van der Waals surface area contributed by atoms with Gasteiger partial charge in [-0.25, -0.2) is 15.0 Å². The molecule has 2 heterocycles. The van der Waals surface area contributed by atoms with Crippen molar-refractivity contribution in [1.29, 1.82) is 0 Å². The Morgan fingerprint density at radius 3 is 1.61 bits per heavy atom. The highest BCUT2D eigenvalue weighted by Crippen LogP contribution is 2.58. The highest BCUT2D eigenvalue weighted by atomic mass is 32.1. The largest absolute Gasteiger partial charge is 0.208 e. The summed E-state index contributed by atoms with van der Waals surface area (Å²) in [5, 5.41) is 2.58. The fraction of sp³-hybridized carbons (Fsp3) is 0.0172. The Bertz CT molecular complexity index is 3410. The first-order valence-electron chi connectivity index (χ1n) is 21.0. The molecule has 3 nitrogen and oxygen atoms in total. The molecule has 9 aromatic carbocycles. The van der Waals surface area contributed by atoms with Crippen molar-refractivity contribution < 1.29 is 0 Å². The lowest BCUT2D eigenvalue weighted by Crippen LogP contribution is -2.29. The molecule has 0 unspecified atom stereocenters. The lowest BCUT2D eigenvalue weighted by molar-refractivity contribution is 0.769. The molecule has 0 spiro atoms. The summed E-state index contributed by atoms with van der Waals surface area (Å²) in [6.45, 7) is 0. The molecular weight excluding hydrogens is 771 g/mol. The van der Waals surface area contributed by atoms with Crippen molar-refractivity contribution in [3.63, 3.8) is 0 Å². The predicted molar refractivity (Wildman–Crippen MR) is 257 cm³/mol. The minimum Gasteiger partial charge on any atom is -0.208 e. The molecule has 1 aliphatic rings. The number of aromatic nitrogens is 3. The van der Waals surface area contributed by atoms with E-state index < -0.39 is 5.41 Å². The lowest BCUT2D eigenvalue weighted by atomic mass is 9.66. The van der Waals surface area contributed by atoms with Crippen LogP contribution < -0.4 is 0 Å². The Kier molecular flexibility index (Phi) is 8.58. The zero-order valence-electron chi connectivity index (χ0n) is 33.6. The van der Waals surface area contributed by atoms with Crippen LogP contribution in [-0.2, 0) is 5.41 Å². The van der Waals surface area contributed by atoms with E-state index in [1.807, 2.05) is 17.4 Å². The van der Waals surface area contributed by atoms with E-state index in [1.165, 1.54) is 59.1 Å². The molecule has 0 aliphatic heterocycles. The molecule has 0 radical (unpaired) electrons. The molecule has 0 N–H and O–H groups in total. The Morgan fingerprint density at radius 1 is 0.323 bits per heavy atom. The fourth-order valence-electron chi connectivity index (χ4n) is 9.73. The van der Waals surface area contributed by atoms with Crippen molar-refractivity contribution >= 4 is 31.5 Å². The first kappa shape index (κ1) is 36.1. The molecule has 11 aromatic rings. The molecule has 0 fully saturated rings. The van der Waals surface area contributed by atoms with E-state index in [2.05, 4.69) is 218 Å². The van der Waals surface area contributed by atoms with Crippen LogP contribution in [0.1, 0.15) is 22.3 Å². The van der Waals surface area contributed by atoms with Crippen LogP contribution in [0, 0.1) is 0 Å². The summed E-state index contributed by atoms with van der Waals surface area (Å²) < 4.78 is 2.59. The normalized spacial score (nSPS) is 12.6. The van der Waals surface area contributed by atoms with Gasteiger partial charge >= 0.3 is 0 Å². The molecule has 4 heteroatoms. The van der Waals surface area contributed by atoms with Gasteiger partial charge in [0.05, 0.1) is 5.41 Å². The molecule has 0 atom stereocenters. The fourth-order valence-corrected chi connectivity index (χ4v) is 10.9. The van der Waals surface area contributed by atoms with Crippen LogP contribution in [0.5, 0.6) is 0 Å². The van der Waals surface area contributed by atoms with Gasteiger partial charge in [0.2, 0.25) is 0 Å². The third kappa shape index (κ3) is 5.76. The number of nitrogens with zero attached hydrogens (tertiary/aromatic N) is 3. The first-order valence-corrected chi connectivity index (χ1v) is 21.8. The molecule has 0 saturated carbocycles. The lowest BCUT2D eigenvalue weighted by Gasteiger charge is -2.35. The van der Waals surface area contributed by atoms with Crippen LogP contribution in [0.25, 0.3) is 87.7 Å². The monoisotopic (exact) mass is 807 g/mol. The second-order valence-electron chi connectivity index (χ2n) is 15.9. The number of fused-ring (bicyclic) bond motifs is 6. The van der Waals surface area contributed by atoms with Crippen LogP contribution >= 0.6 is 11.3 Å². The maximum absolute atomic E-state index is 5.44. The number of thiophene rings is 1. The van der Waals surface area contributed by atoms with Crippen LogP contribution in [0.4, 0.5) is 0 Å². The van der Waals surface area contributed by atoms with Gasteiger partial charge in [-0.1, -0.05) is 206 Å². The van der Waals surface area contributed by atoms with Gasteiger partial charge in [-0.15, -0.1) is 11.3 Å². The first-order chi connectivity index (χ1) is 30.7. The van der Waals surface area contributed by atoms with Crippen molar-refractivity contribution in [3.05, 3.63) is 247 Å². The number of hydrogen-bond donors (Lipinski definition) is 0. The van der Waals surface area contributed by atoms with Gasteiger partial charge in [-0.05, 0) is 73.8 Å². The average Bonchev–Trinajstić information content (AvgIpc) is 3.89. The SMILES string of the molecule is c1ccc(-c2cccc(-c3nc(-c4ccc(-c5cccc6sc7ccccc7c56)cc4)nc(-c4cccc5c4C(c4ccccc4)(c4ccccc4)c4ccccc4-5)n3)c2)cc1. The Labute approximate surface area is 364 Å².